The number of halogens is 4. The van der Waals surface area contributed by atoms with Crippen molar-refractivity contribution >= 4 is 21.7 Å². The Morgan fingerprint density at radius 2 is 2.08 bits per heavy atom. The molecule has 0 aliphatic carbocycles. The summed E-state index contributed by atoms with van der Waals surface area (Å²) in [6.45, 7) is 0.415. The number of alkyl halides is 3. The number of hydrogen-bond acceptors (Lipinski definition) is 2. The lowest BCUT2D eigenvalue weighted by molar-refractivity contribution is -0.142. The third-order valence-electron chi connectivity index (χ3n) is 1.42. The molecule has 74 valence electrons. The maximum atomic E-state index is 11.9. The van der Waals surface area contributed by atoms with E-state index in [4.69, 9.17) is 5.73 Å². The van der Waals surface area contributed by atoms with Crippen molar-refractivity contribution in [3.63, 3.8) is 0 Å². The van der Waals surface area contributed by atoms with Crippen LogP contribution < -0.4 is 5.73 Å². The summed E-state index contributed by atoms with van der Waals surface area (Å²) in [5.41, 5.74) is 5.81. The molecule has 0 aliphatic heterocycles. The van der Waals surface area contributed by atoms with Gasteiger partial charge in [0.15, 0.2) is 0 Å². The molecule has 1 aromatic heterocycles. The number of nitrogen functional groups attached to an aromatic ring is 1. The molecule has 0 spiro atoms. The SMILES string of the molecule is Cc1nn(CC(F)(F)F)c(N)c1Br. The number of nitrogens with two attached hydrogens (primary N) is 1. The van der Waals surface area contributed by atoms with Crippen molar-refractivity contribution in [1.82, 2.24) is 9.78 Å². The average Bonchev–Trinajstić information content (AvgIpc) is 2.15. The third-order valence-corrected chi connectivity index (χ3v) is 2.40. The van der Waals surface area contributed by atoms with Gasteiger partial charge in [-0.15, -0.1) is 0 Å². The summed E-state index contributed by atoms with van der Waals surface area (Å²) in [4.78, 5) is 0. The van der Waals surface area contributed by atoms with Gasteiger partial charge < -0.3 is 5.73 Å². The molecule has 13 heavy (non-hydrogen) atoms. The van der Waals surface area contributed by atoms with E-state index >= 15 is 0 Å². The topological polar surface area (TPSA) is 43.8 Å². The fourth-order valence-electron chi connectivity index (χ4n) is 0.868. The Hall–Kier alpha value is -0.720. The second kappa shape index (κ2) is 3.21. The van der Waals surface area contributed by atoms with E-state index in [1.165, 1.54) is 0 Å². The maximum Gasteiger partial charge on any atom is 0.408 e. The molecule has 0 atom stereocenters. The number of rotatable bonds is 1. The molecular weight excluding hydrogens is 251 g/mol. The molecule has 1 heterocycles. The van der Waals surface area contributed by atoms with Crippen LogP contribution in [0.5, 0.6) is 0 Å². The molecule has 1 aromatic rings. The van der Waals surface area contributed by atoms with Gasteiger partial charge in [0, 0.05) is 0 Å². The zero-order chi connectivity index (χ0) is 10.2. The second-order valence-electron chi connectivity index (χ2n) is 2.56. The van der Waals surface area contributed by atoms with E-state index in [1.54, 1.807) is 6.92 Å². The molecule has 0 amide bonds. The van der Waals surface area contributed by atoms with E-state index in [-0.39, 0.29) is 5.82 Å². The molecule has 0 aromatic carbocycles. The van der Waals surface area contributed by atoms with Gasteiger partial charge in [0.05, 0.1) is 10.2 Å². The lowest BCUT2D eigenvalue weighted by Crippen LogP contribution is -2.20. The summed E-state index contributed by atoms with van der Waals surface area (Å²) in [7, 11) is 0. The average molecular weight is 258 g/mol. The van der Waals surface area contributed by atoms with Gasteiger partial charge in [-0.1, -0.05) is 0 Å². The van der Waals surface area contributed by atoms with Crippen LogP contribution in [0.2, 0.25) is 0 Å². The van der Waals surface area contributed by atoms with Crippen LogP contribution in [0.1, 0.15) is 5.69 Å². The molecule has 0 aliphatic rings. The first kappa shape index (κ1) is 10.4. The van der Waals surface area contributed by atoms with Crippen LogP contribution in [0.25, 0.3) is 0 Å². The Labute approximate surface area is 80.8 Å². The molecule has 0 unspecified atom stereocenters. The monoisotopic (exact) mass is 257 g/mol. The van der Waals surface area contributed by atoms with Crippen LogP contribution in [-0.2, 0) is 6.54 Å². The largest absolute Gasteiger partial charge is 0.408 e. The molecule has 0 fully saturated rings. The van der Waals surface area contributed by atoms with E-state index in [2.05, 4.69) is 21.0 Å². The van der Waals surface area contributed by atoms with Gasteiger partial charge in [-0.2, -0.15) is 18.3 Å². The van der Waals surface area contributed by atoms with Crippen LogP contribution in [0, 0.1) is 6.92 Å². The molecule has 2 N–H and O–H groups in total. The van der Waals surface area contributed by atoms with E-state index in [0.717, 1.165) is 4.68 Å². The Bertz CT molecular complexity index is 318. The van der Waals surface area contributed by atoms with E-state index in [0.29, 0.717) is 10.2 Å². The standard InChI is InChI=1S/C6H7BrF3N3/c1-3-4(7)5(11)13(12-3)2-6(8,9)10/h2,11H2,1H3. The first-order valence-electron chi connectivity index (χ1n) is 3.36. The minimum absolute atomic E-state index is 0.00479. The van der Waals surface area contributed by atoms with E-state index in [1.807, 2.05) is 0 Å². The summed E-state index contributed by atoms with van der Waals surface area (Å²) in [5, 5.41) is 3.62. The second-order valence-corrected chi connectivity index (χ2v) is 3.35. The van der Waals surface area contributed by atoms with Crippen molar-refractivity contribution in [2.45, 2.75) is 19.6 Å². The number of anilines is 1. The minimum Gasteiger partial charge on any atom is -0.383 e. The predicted molar refractivity (Wildman–Crippen MR) is 45.1 cm³/mol. The summed E-state index contributed by atoms with van der Waals surface area (Å²) < 4.78 is 36.9. The van der Waals surface area contributed by atoms with Crippen molar-refractivity contribution in [2.24, 2.45) is 0 Å². The number of aryl methyl sites for hydroxylation is 1. The highest BCUT2D eigenvalue weighted by Gasteiger charge is 2.30. The summed E-state index contributed by atoms with van der Waals surface area (Å²) in [5.74, 6) is -0.00479. The molecule has 0 bridgehead atoms. The molecular formula is C6H7BrF3N3. The van der Waals surface area contributed by atoms with Crippen molar-refractivity contribution in [3.05, 3.63) is 10.2 Å². The zero-order valence-corrected chi connectivity index (χ0v) is 8.28. The van der Waals surface area contributed by atoms with E-state index in [9.17, 15) is 13.2 Å². The molecule has 0 saturated carbocycles. The van der Waals surface area contributed by atoms with Crippen molar-refractivity contribution in [1.29, 1.82) is 0 Å². The number of nitrogens with zero attached hydrogens (tertiary/aromatic N) is 2. The molecule has 1 rings (SSSR count). The van der Waals surface area contributed by atoms with Gasteiger partial charge in [0.25, 0.3) is 0 Å². The summed E-state index contributed by atoms with van der Waals surface area (Å²) in [6, 6.07) is 0. The van der Waals surface area contributed by atoms with Crippen LogP contribution in [0.4, 0.5) is 19.0 Å². The lowest BCUT2D eigenvalue weighted by atomic mass is 10.5. The first-order valence-corrected chi connectivity index (χ1v) is 4.15. The quantitative estimate of drug-likeness (QED) is 0.838. The Morgan fingerprint density at radius 1 is 1.54 bits per heavy atom. The van der Waals surface area contributed by atoms with Gasteiger partial charge in [-0.05, 0) is 22.9 Å². The molecule has 3 nitrogen and oxygen atoms in total. The van der Waals surface area contributed by atoms with Gasteiger partial charge in [0.2, 0.25) is 0 Å². The Morgan fingerprint density at radius 3 is 2.38 bits per heavy atom. The van der Waals surface area contributed by atoms with Crippen molar-refractivity contribution < 1.29 is 13.2 Å². The summed E-state index contributed by atoms with van der Waals surface area (Å²) >= 11 is 3.03. The van der Waals surface area contributed by atoms with Gasteiger partial charge in [-0.3, -0.25) is 0 Å². The van der Waals surface area contributed by atoms with Crippen LogP contribution >= 0.6 is 15.9 Å². The van der Waals surface area contributed by atoms with Crippen LogP contribution in [0.3, 0.4) is 0 Å². The minimum atomic E-state index is -4.30. The third kappa shape index (κ3) is 2.36. The fourth-order valence-corrected chi connectivity index (χ4v) is 1.15. The van der Waals surface area contributed by atoms with Gasteiger partial charge in [0.1, 0.15) is 12.4 Å². The number of hydrogen-bond donors (Lipinski definition) is 1. The highest BCUT2D eigenvalue weighted by molar-refractivity contribution is 9.10. The lowest BCUT2D eigenvalue weighted by Gasteiger charge is -2.07. The molecule has 0 radical (unpaired) electrons. The van der Waals surface area contributed by atoms with Gasteiger partial charge >= 0.3 is 6.18 Å². The summed E-state index contributed by atoms with van der Waals surface area (Å²) in [6.07, 6.45) is -4.30. The van der Waals surface area contributed by atoms with Crippen LogP contribution in [-0.4, -0.2) is 16.0 Å². The predicted octanol–water partition coefficient (Wildman–Crippen LogP) is 2.10. The smallest absolute Gasteiger partial charge is 0.383 e. The number of aromatic nitrogens is 2. The Kier molecular flexibility index (Phi) is 2.56. The van der Waals surface area contributed by atoms with Crippen molar-refractivity contribution in [2.75, 3.05) is 5.73 Å². The highest BCUT2D eigenvalue weighted by Crippen LogP contribution is 2.26. The highest BCUT2D eigenvalue weighted by atomic mass is 79.9. The normalized spacial score (nSPS) is 12.1. The zero-order valence-electron chi connectivity index (χ0n) is 6.69. The van der Waals surface area contributed by atoms with Gasteiger partial charge in [-0.25, -0.2) is 4.68 Å². The molecule has 7 heteroatoms. The van der Waals surface area contributed by atoms with Crippen LogP contribution in [0.15, 0.2) is 4.47 Å². The van der Waals surface area contributed by atoms with Crippen molar-refractivity contribution in [3.8, 4) is 0 Å². The fraction of sp³-hybridized carbons (Fsp3) is 0.500. The molecule has 0 saturated heterocycles. The maximum absolute atomic E-state index is 11.9. The first-order chi connectivity index (χ1) is 5.81. The Balaban J connectivity index is 2.97. The van der Waals surface area contributed by atoms with E-state index < -0.39 is 12.7 Å².